The van der Waals surface area contributed by atoms with E-state index in [9.17, 15) is 14.4 Å². The second-order valence-electron chi connectivity index (χ2n) is 7.56. The zero-order chi connectivity index (χ0) is 25.1. The first kappa shape index (κ1) is 24.1. The lowest BCUT2D eigenvalue weighted by Crippen LogP contribution is -2.36. The molecule has 4 aromatic rings. The number of ether oxygens (including phenoxy) is 1. The average Bonchev–Trinajstić information content (AvgIpc) is 3.19. The molecule has 1 aromatic heterocycles. The summed E-state index contributed by atoms with van der Waals surface area (Å²) < 4.78 is 6.38. The Morgan fingerprint density at radius 2 is 1.63 bits per heavy atom. The molecule has 0 saturated heterocycles. The normalized spacial score (nSPS) is 10.6. The highest BCUT2D eigenvalue weighted by atomic mass is 35.5. The third-order valence-electron chi connectivity index (χ3n) is 5.28. The number of carbonyl (C=O) groups excluding carboxylic acids is 3. The number of fused-ring (bicyclic) bond motifs is 1. The Hall–Kier alpha value is -4.01. The Balaban J connectivity index is 1.62. The molecular weight excluding hydrogens is 491 g/mol. The van der Waals surface area contributed by atoms with E-state index < -0.39 is 17.7 Å². The fourth-order valence-electron chi connectivity index (χ4n) is 3.42. The third kappa shape index (κ3) is 5.24. The number of methoxy groups -OCH3 is 1. The molecule has 35 heavy (non-hydrogen) atoms. The van der Waals surface area contributed by atoms with Crippen molar-refractivity contribution in [2.24, 2.45) is 0 Å². The molecule has 0 bridgehead atoms. The lowest BCUT2D eigenvalue weighted by Gasteiger charge is -2.14. The first-order valence-electron chi connectivity index (χ1n) is 10.4. The van der Waals surface area contributed by atoms with E-state index in [1.165, 1.54) is 4.68 Å². The number of halogens is 2. The van der Waals surface area contributed by atoms with E-state index in [0.717, 1.165) is 0 Å². The van der Waals surface area contributed by atoms with E-state index in [1.54, 1.807) is 80.8 Å². The molecule has 3 N–H and O–H groups in total. The number of amides is 3. The topological polar surface area (TPSA) is 101 Å². The van der Waals surface area contributed by atoms with Crippen LogP contribution in [0, 0.1) is 6.92 Å². The lowest BCUT2D eigenvalue weighted by atomic mass is 10.2. The van der Waals surface area contributed by atoms with Crippen LogP contribution in [0.25, 0.3) is 10.9 Å². The van der Waals surface area contributed by atoms with E-state index in [1.807, 2.05) is 0 Å². The molecule has 0 saturated carbocycles. The van der Waals surface area contributed by atoms with Crippen LogP contribution >= 0.6 is 23.2 Å². The van der Waals surface area contributed by atoms with E-state index in [-0.39, 0.29) is 5.69 Å². The number of hydrogen-bond acceptors (Lipinski definition) is 4. The number of carbonyl (C=O) groups is 3. The van der Waals surface area contributed by atoms with Gasteiger partial charge in [0.05, 0.1) is 12.6 Å². The van der Waals surface area contributed by atoms with Crippen molar-refractivity contribution in [3.63, 3.8) is 0 Å². The SMILES string of the molecule is COc1ccc(NC(=O)c2cc3cc(Cl)ccc3n2NC(=O)C(=O)Nc2cccc(Cl)c2C)cc1. The van der Waals surface area contributed by atoms with E-state index in [4.69, 9.17) is 27.9 Å². The van der Waals surface area contributed by atoms with Crippen molar-refractivity contribution in [1.82, 2.24) is 4.68 Å². The maximum absolute atomic E-state index is 13.1. The summed E-state index contributed by atoms with van der Waals surface area (Å²) in [5.74, 6) is -1.77. The molecule has 4 rings (SSSR count). The van der Waals surface area contributed by atoms with Crippen molar-refractivity contribution in [2.75, 3.05) is 23.2 Å². The molecule has 0 spiro atoms. The van der Waals surface area contributed by atoms with Crippen LogP contribution in [0.1, 0.15) is 16.1 Å². The van der Waals surface area contributed by atoms with Crippen molar-refractivity contribution < 1.29 is 19.1 Å². The van der Waals surface area contributed by atoms with Gasteiger partial charge in [0, 0.05) is 26.8 Å². The van der Waals surface area contributed by atoms with Crippen LogP contribution in [-0.2, 0) is 9.59 Å². The van der Waals surface area contributed by atoms with Crippen LogP contribution in [0.3, 0.4) is 0 Å². The number of rotatable bonds is 5. The molecule has 3 aromatic carbocycles. The number of aromatic nitrogens is 1. The summed E-state index contributed by atoms with van der Waals surface area (Å²) in [6.45, 7) is 1.72. The molecule has 1 heterocycles. The number of nitrogens with one attached hydrogen (secondary N) is 3. The molecule has 0 fully saturated rings. The molecule has 10 heteroatoms. The molecule has 0 aliphatic rings. The quantitative estimate of drug-likeness (QED) is 0.320. The number of nitrogens with zero attached hydrogens (tertiary/aromatic N) is 1. The standard InChI is InChI=1S/C25H20Cl2N4O4/c1-14-19(27)4-3-5-20(14)29-24(33)25(34)30-31-21-11-6-16(26)12-15(21)13-22(31)23(32)28-17-7-9-18(35-2)10-8-17/h3-13H,1-2H3,(H,28,32)(H,29,33)(H,30,34). The van der Waals surface area contributed by atoms with Crippen LogP contribution in [0.4, 0.5) is 11.4 Å². The minimum absolute atomic E-state index is 0.0955. The number of anilines is 2. The Bertz CT molecular complexity index is 1450. The minimum atomic E-state index is -0.977. The summed E-state index contributed by atoms with van der Waals surface area (Å²) in [7, 11) is 1.55. The van der Waals surface area contributed by atoms with E-state index >= 15 is 0 Å². The molecule has 0 aliphatic carbocycles. The van der Waals surface area contributed by atoms with Gasteiger partial charge in [0.25, 0.3) is 5.91 Å². The van der Waals surface area contributed by atoms with E-state index in [2.05, 4.69) is 16.1 Å². The summed E-state index contributed by atoms with van der Waals surface area (Å²) in [6, 6.07) is 18.2. The van der Waals surface area contributed by atoms with Crippen molar-refractivity contribution in [2.45, 2.75) is 6.92 Å². The maximum Gasteiger partial charge on any atom is 0.328 e. The fraction of sp³-hybridized carbons (Fsp3) is 0.0800. The van der Waals surface area contributed by atoms with Gasteiger partial charge < -0.3 is 15.4 Å². The van der Waals surface area contributed by atoms with Gasteiger partial charge in [-0.15, -0.1) is 0 Å². The van der Waals surface area contributed by atoms with Gasteiger partial charge >= 0.3 is 11.8 Å². The van der Waals surface area contributed by atoms with Crippen LogP contribution < -0.4 is 20.8 Å². The zero-order valence-electron chi connectivity index (χ0n) is 18.7. The first-order chi connectivity index (χ1) is 16.8. The molecule has 0 atom stereocenters. The Labute approximate surface area is 210 Å². The fourth-order valence-corrected chi connectivity index (χ4v) is 3.77. The summed E-state index contributed by atoms with van der Waals surface area (Å²) >= 11 is 12.2. The molecule has 0 unspecified atom stereocenters. The van der Waals surface area contributed by atoms with Crippen molar-refractivity contribution in [3.8, 4) is 5.75 Å². The number of hydrogen-bond donors (Lipinski definition) is 3. The van der Waals surface area contributed by atoms with Gasteiger partial charge in [-0.3, -0.25) is 19.8 Å². The second kappa shape index (κ2) is 10.1. The van der Waals surface area contributed by atoms with Gasteiger partial charge in [-0.25, -0.2) is 4.68 Å². The maximum atomic E-state index is 13.1. The monoisotopic (exact) mass is 510 g/mol. The van der Waals surface area contributed by atoms with Crippen LogP contribution in [0.2, 0.25) is 10.0 Å². The van der Waals surface area contributed by atoms with Crippen molar-refractivity contribution >= 4 is 63.2 Å². The zero-order valence-corrected chi connectivity index (χ0v) is 20.2. The summed E-state index contributed by atoms with van der Waals surface area (Å²) in [6.07, 6.45) is 0. The smallest absolute Gasteiger partial charge is 0.328 e. The second-order valence-corrected chi connectivity index (χ2v) is 8.40. The first-order valence-corrected chi connectivity index (χ1v) is 11.2. The molecule has 0 aliphatic heterocycles. The van der Waals surface area contributed by atoms with Gasteiger partial charge in [-0.05, 0) is 73.2 Å². The van der Waals surface area contributed by atoms with Crippen molar-refractivity contribution in [1.29, 1.82) is 0 Å². The van der Waals surface area contributed by atoms with Crippen LogP contribution in [0.15, 0.2) is 66.7 Å². The van der Waals surface area contributed by atoms with Crippen molar-refractivity contribution in [3.05, 3.63) is 88.0 Å². The Morgan fingerprint density at radius 1 is 0.886 bits per heavy atom. The highest BCUT2D eigenvalue weighted by Crippen LogP contribution is 2.25. The molecule has 178 valence electrons. The van der Waals surface area contributed by atoms with Crippen LogP contribution in [0.5, 0.6) is 5.75 Å². The predicted octanol–water partition coefficient (Wildman–Crippen LogP) is 5.23. The Morgan fingerprint density at radius 3 is 2.34 bits per heavy atom. The molecule has 8 nitrogen and oxygen atoms in total. The highest BCUT2D eigenvalue weighted by molar-refractivity contribution is 6.43. The molecule has 0 radical (unpaired) electrons. The summed E-state index contributed by atoms with van der Waals surface area (Å²) in [4.78, 5) is 38.5. The number of benzene rings is 3. The summed E-state index contributed by atoms with van der Waals surface area (Å²) in [5.41, 5.74) is 4.62. The summed E-state index contributed by atoms with van der Waals surface area (Å²) in [5, 5.41) is 6.81. The lowest BCUT2D eigenvalue weighted by molar-refractivity contribution is -0.133. The third-order valence-corrected chi connectivity index (χ3v) is 5.92. The van der Waals surface area contributed by atoms with Gasteiger partial charge in [-0.1, -0.05) is 29.3 Å². The highest BCUT2D eigenvalue weighted by Gasteiger charge is 2.22. The van der Waals surface area contributed by atoms with Gasteiger partial charge in [0.1, 0.15) is 11.4 Å². The molecular formula is C25H20Cl2N4O4. The van der Waals surface area contributed by atoms with Crippen LogP contribution in [-0.4, -0.2) is 29.5 Å². The van der Waals surface area contributed by atoms with Gasteiger partial charge in [-0.2, -0.15) is 0 Å². The average molecular weight is 511 g/mol. The molecule has 3 amide bonds. The minimum Gasteiger partial charge on any atom is -0.497 e. The van der Waals surface area contributed by atoms with E-state index in [0.29, 0.717) is 43.6 Å². The van der Waals surface area contributed by atoms with Gasteiger partial charge in [0.15, 0.2) is 0 Å². The Kier molecular flexibility index (Phi) is 6.95. The largest absolute Gasteiger partial charge is 0.497 e. The van der Waals surface area contributed by atoms with Gasteiger partial charge in [0.2, 0.25) is 0 Å². The predicted molar refractivity (Wildman–Crippen MR) is 137 cm³/mol.